The molecule has 0 bridgehead atoms. The highest BCUT2D eigenvalue weighted by Crippen LogP contribution is 2.29. The SMILES string of the molecule is O=C(CCOCCOCCN1C(=O)c2cccc3cccc(c23)C1=O)NNC(=O)C(F)F. The van der Waals surface area contributed by atoms with Crippen LogP contribution in [0, 0.1) is 0 Å². The van der Waals surface area contributed by atoms with E-state index in [4.69, 9.17) is 9.47 Å². The maximum absolute atomic E-state index is 12.7. The number of hydrogen-bond acceptors (Lipinski definition) is 6. The molecule has 170 valence electrons. The van der Waals surface area contributed by atoms with E-state index in [1.54, 1.807) is 29.7 Å². The molecular weight excluding hydrogens is 428 g/mol. The summed E-state index contributed by atoms with van der Waals surface area (Å²) in [6.07, 6.45) is -3.37. The quantitative estimate of drug-likeness (QED) is 0.321. The number of imide groups is 1. The largest absolute Gasteiger partial charge is 0.379 e. The number of benzene rings is 2. The number of halogens is 2. The lowest BCUT2D eigenvalue weighted by Gasteiger charge is -2.27. The number of hydrazine groups is 1. The van der Waals surface area contributed by atoms with E-state index in [1.165, 1.54) is 0 Å². The second-order valence-corrected chi connectivity index (χ2v) is 6.78. The standard InChI is InChI=1S/C21H21F2N3O6/c22-18(23)19(28)25-24-16(27)7-9-31-11-12-32-10-8-26-20(29)14-5-1-3-13-4-2-6-15(17(13)14)21(26)30/h1-6,18H,7-12H2,(H,24,27)(H,25,28). The number of carbonyl (C=O) groups is 4. The van der Waals surface area contributed by atoms with Gasteiger partial charge in [0.05, 0.1) is 39.4 Å². The average Bonchev–Trinajstić information content (AvgIpc) is 2.79. The molecule has 1 aliphatic heterocycles. The summed E-state index contributed by atoms with van der Waals surface area (Å²) >= 11 is 0. The molecular formula is C21H21F2N3O6. The maximum Gasteiger partial charge on any atom is 0.317 e. The molecule has 2 aromatic carbocycles. The Morgan fingerprint density at radius 3 is 2.06 bits per heavy atom. The van der Waals surface area contributed by atoms with Crippen molar-refractivity contribution in [3.63, 3.8) is 0 Å². The zero-order valence-electron chi connectivity index (χ0n) is 16.9. The van der Waals surface area contributed by atoms with E-state index in [-0.39, 0.29) is 51.2 Å². The van der Waals surface area contributed by atoms with Crippen LogP contribution in [0.1, 0.15) is 27.1 Å². The van der Waals surface area contributed by atoms with Gasteiger partial charge in [-0.25, -0.2) is 0 Å². The molecule has 0 aromatic heterocycles. The maximum atomic E-state index is 12.7. The van der Waals surface area contributed by atoms with Crippen molar-refractivity contribution in [2.24, 2.45) is 0 Å². The van der Waals surface area contributed by atoms with Crippen molar-refractivity contribution in [3.05, 3.63) is 47.5 Å². The first-order chi connectivity index (χ1) is 15.4. The summed E-state index contributed by atoms with van der Waals surface area (Å²) in [5.41, 5.74) is 4.36. The number of nitrogens with one attached hydrogen (secondary N) is 2. The number of hydrogen-bond donors (Lipinski definition) is 2. The van der Waals surface area contributed by atoms with E-state index in [9.17, 15) is 28.0 Å². The van der Waals surface area contributed by atoms with Gasteiger partial charge in [0.1, 0.15) is 0 Å². The molecule has 0 saturated carbocycles. The molecule has 2 N–H and O–H groups in total. The summed E-state index contributed by atoms with van der Waals surface area (Å²) in [7, 11) is 0. The second-order valence-electron chi connectivity index (χ2n) is 6.78. The van der Waals surface area contributed by atoms with Gasteiger partial charge in [0.2, 0.25) is 5.91 Å². The molecule has 0 radical (unpaired) electrons. The van der Waals surface area contributed by atoms with Crippen LogP contribution in [0.2, 0.25) is 0 Å². The highest BCUT2D eigenvalue weighted by molar-refractivity contribution is 6.25. The Morgan fingerprint density at radius 1 is 0.875 bits per heavy atom. The molecule has 0 atom stereocenters. The van der Waals surface area contributed by atoms with Gasteiger partial charge < -0.3 is 9.47 Å². The van der Waals surface area contributed by atoms with Crippen LogP contribution in [0.4, 0.5) is 8.78 Å². The Balaban J connectivity index is 1.34. The first-order valence-corrected chi connectivity index (χ1v) is 9.80. The molecule has 0 spiro atoms. The van der Waals surface area contributed by atoms with Crippen LogP contribution < -0.4 is 10.9 Å². The van der Waals surface area contributed by atoms with Gasteiger partial charge >= 0.3 is 12.3 Å². The van der Waals surface area contributed by atoms with Crippen molar-refractivity contribution in [2.75, 3.05) is 33.0 Å². The van der Waals surface area contributed by atoms with E-state index in [0.717, 1.165) is 10.3 Å². The number of alkyl halides is 2. The molecule has 0 fully saturated rings. The van der Waals surface area contributed by atoms with Crippen molar-refractivity contribution in [2.45, 2.75) is 12.8 Å². The Labute approximate surface area is 181 Å². The predicted octanol–water partition coefficient (Wildman–Crippen LogP) is 1.27. The summed E-state index contributed by atoms with van der Waals surface area (Å²) in [5, 5.41) is 1.49. The summed E-state index contributed by atoms with van der Waals surface area (Å²) in [4.78, 5) is 48.6. The molecule has 1 aliphatic rings. The molecule has 3 rings (SSSR count). The first kappa shape index (κ1) is 23.2. The van der Waals surface area contributed by atoms with E-state index < -0.39 is 18.2 Å². The van der Waals surface area contributed by atoms with Crippen LogP contribution in [0.5, 0.6) is 0 Å². The van der Waals surface area contributed by atoms with E-state index in [1.807, 2.05) is 17.6 Å². The fourth-order valence-electron chi connectivity index (χ4n) is 3.17. The smallest absolute Gasteiger partial charge is 0.317 e. The Hall–Kier alpha value is -3.44. The van der Waals surface area contributed by atoms with Gasteiger partial charge in [-0.3, -0.25) is 34.9 Å². The van der Waals surface area contributed by atoms with Crippen molar-refractivity contribution < 1.29 is 37.4 Å². The van der Waals surface area contributed by atoms with Crippen LogP contribution in [-0.2, 0) is 19.1 Å². The third-order valence-corrected chi connectivity index (χ3v) is 4.68. The first-order valence-electron chi connectivity index (χ1n) is 9.80. The van der Waals surface area contributed by atoms with Gasteiger partial charge in [0.25, 0.3) is 11.8 Å². The lowest BCUT2D eigenvalue weighted by molar-refractivity contribution is -0.136. The number of carbonyl (C=O) groups excluding carboxylic acids is 4. The minimum Gasteiger partial charge on any atom is -0.379 e. The molecule has 0 unspecified atom stereocenters. The number of amides is 4. The summed E-state index contributed by atoms with van der Waals surface area (Å²) in [6, 6.07) is 10.6. The zero-order valence-corrected chi connectivity index (χ0v) is 16.9. The Kier molecular flexibility index (Phi) is 7.79. The van der Waals surface area contributed by atoms with Gasteiger partial charge in [-0.1, -0.05) is 24.3 Å². The second kappa shape index (κ2) is 10.7. The number of nitrogens with zero attached hydrogens (tertiary/aromatic N) is 1. The van der Waals surface area contributed by atoms with E-state index >= 15 is 0 Å². The molecule has 1 heterocycles. The third-order valence-electron chi connectivity index (χ3n) is 4.68. The fourth-order valence-corrected chi connectivity index (χ4v) is 3.17. The minimum absolute atomic E-state index is 0.0103. The number of ether oxygens (including phenoxy) is 2. The summed E-state index contributed by atoms with van der Waals surface area (Å²) < 4.78 is 34.5. The fraction of sp³-hybridized carbons (Fsp3) is 0.333. The third kappa shape index (κ3) is 5.42. The van der Waals surface area contributed by atoms with Crippen LogP contribution in [-0.4, -0.2) is 67.9 Å². The lowest BCUT2D eigenvalue weighted by atomic mass is 9.94. The normalized spacial score (nSPS) is 13.0. The van der Waals surface area contributed by atoms with E-state index in [0.29, 0.717) is 16.5 Å². The highest BCUT2D eigenvalue weighted by atomic mass is 19.3. The van der Waals surface area contributed by atoms with Gasteiger partial charge in [0.15, 0.2) is 0 Å². The highest BCUT2D eigenvalue weighted by Gasteiger charge is 2.32. The van der Waals surface area contributed by atoms with Crippen LogP contribution in [0.15, 0.2) is 36.4 Å². The monoisotopic (exact) mass is 449 g/mol. The lowest BCUT2D eigenvalue weighted by Crippen LogP contribution is -2.44. The van der Waals surface area contributed by atoms with Gasteiger partial charge in [-0.15, -0.1) is 0 Å². The van der Waals surface area contributed by atoms with Crippen molar-refractivity contribution in [3.8, 4) is 0 Å². The molecule has 9 nitrogen and oxygen atoms in total. The molecule has 2 aromatic rings. The van der Waals surface area contributed by atoms with Crippen LogP contribution in [0.25, 0.3) is 10.8 Å². The summed E-state index contributed by atoms with van der Waals surface area (Å²) in [5.74, 6) is -3.02. The van der Waals surface area contributed by atoms with Crippen molar-refractivity contribution >= 4 is 34.4 Å². The predicted molar refractivity (Wildman–Crippen MR) is 108 cm³/mol. The van der Waals surface area contributed by atoms with Crippen LogP contribution >= 0.6 is 0 Å². The number of rotatable bonds is 10. The topological polar surface area (TPSA) is 114 Å². The molecule has 0 saturated heterocycles. The van der Waals surface area contributed by atoms with Crippen molar-refractivity contribution in [1.82, 2.24) is 15.8 Å². The van der Waals surface area contributed by atoms with Gasteiger partial charge in [-0.2, -0.15) is 8.78 Å². The molecule has 11 heteroatoms. The van der Waals surface area contributed by atoms with E-state index in [2.05, 4.69) is 0 Å². The minimum atomic E-state index is -3.22. The Bertz CT molecular complexity index is 979. The Morgan fingerprint density at radius 2 is 1.47 bits per heavy atom. The molecule has 4 amide bonds. The zero-order chi connectivity index (χ0) is 23.1. The van der Waals surface area contributed by atoms with Crippen LogP contribution in [0.3, 0.4) is 0 Å². The molecule has 32 heavy (non-hydrogen) atoms. The molecule has 0 aliphatic carbocycles. The van der Waals surface area contributed by atoms with Gasteiger partial charge in [-0.05, 0) is 17.5 Å². The van der Waals surface area contributed by atoms with Crippen molar-refractivity contribution in [1.29, 1.82) is 0 Å². The average molecular weight is 449 g/mol. The van der Waals surface area contributed by atoms with Gasteiger partial charge in [0, 0.05) is 16.5 Å². The summed E-state index contributed by atoms with van der Waals surface area (Å²) in [6.45, 7) is 0.476.